The van der Waals surface area contributed by atoms with Crippen molar-refractivity contribution < 1.29 is 9.50 Å². The Bertz CT molecular complexity index is 368. The fourth-order valence-electron chi connectivity index (χ4n) is 1.70. The Morgan fingerprint density at radius 3 is 2.76 bits per heavy atom. The minimum Gasteiger partial charge on any atom is -0.390 e. The van der Waals surface area contributed by atoms with Crippen molar-refractivity contribution in [2.45, 2.75) is 32.3 Å². The fourth-order valence-corrected chi connectivity index (χ4v) is 1.93. The monoisotopic (exact) mass is 259 g/mol. The molecule has 1 aromatic rings. The van der Waals surface area contributed by atoms with E-state index in [0.717, 1.165) is 18.7 Å². The van der Waals surface area contributed by atoms with Crippen molar-refractivity contribution in [1.29, 1.82) is 0 Å². The normalized spacial score (nSPS) is 14.6. The van der Waals surface area contributed by atoms with Crippen LogP contribution in [-0.4, -0.2) is 23.8 Å². The second kappa shape index (κ2) is 6.34. The van der Waals surface area contributed by atoms with Crippen LogP contribution < -0.4 is 5.32 Å². The first kappa shape index (κ1) is 14.4. The van der Waals surface area contributed by atoms with Crippen molar-refractivity contribution in [2.24, 2.45) is 0 Å². The first-order valence-corrected chi connectivity index (χ1v) is 6.19. The Morgan fingerprint density at radius 1 is 1.47 bits per heavy atom. The lowest BCUT2D eigenvalue weighted by molar-refractivity contribution is 0.0517. The summed E-state index contributed by atoms with van der Waals surface area (Å²) < 4.78 is 12.9. The molecule has 0 saturated heterocycles. The average molecular weight is 260 g/mol. The summed E-state index contributed by atoms with van der Waals surface area (Å²) in [6, 6.07) is 4.26. The Balaban J connectivity index is 2.62. The molecule has 0 bridgehead atoms. The van der Waals surface area contributed by atoms with Gasteiger partial charge in [-0.2, -0.15) is 0 Å². The molecule has 0 saturated carbocycles. The van der Waals surface area contributed by atoms with E-state index in [1.807, 2.05) is 6.92 Å². The number of halogens is 2. The van der Waals surface area contributed by atoms with Crippen molar-refractivity contribution in [2.75, 3.05) is 13.1 Å². The first-order chi connectivity index (χ1) is 7.94. The molecule has 1 aromatic carbocycles. The van der Waals surface area contributed by atoms with Crippen LogP contribution >= 0.6 is 11.6 Å². The van der Waals surface area contributed by atoms with E-state index in [4.69, 9.17) is 11.6 Å². The van der Waals surface area contributed by atoms with Crippen LogP contribution in [0.4, 0.5) is 4.39 Å². The molecule has 17 heavy (non-hydrogen) atoms. The molecule has 96 valence electrons. The number of aliphatic hydroxyl groups is 1. The highest BCUT2D eigenvalue weighted by atomic mass is 35.5. The van der Waals surface area contributed by atoms with Crippen molar-refractivity contribution in [1.82, 2.24) is 5.32 Å². The minimum atomic E-state index is -0.830. The summed E-state index contributed by atoms with van der Waals surface area (Å²) in [6.45, 7) is 5.42. The largest absolute Gasteiger partial charge is 0.390 e. The van der Waals surface area contributed by atoms with Crippen LogP contribution in [0.25, 0.3) is 0 Å². The van der Waals surface area contributed by atoms with Crippen LogP contribution in [0.1, 0.15) is 25.8 Å². The zero-order valence-corrected chi connectivity index (χ0v) is 11.0. The summed E-state index contributed by atoms with van der Waals surface area (Å²) in [6.07, 6.45) is 1.06. The smallest absolute Gasteiger partial charge is 0.124 e. The van der Waals surface area contributed by atoms with E-state index in [2.05, 4.69) is 5.32 Å². The fraction of sp³-hybridized carbons (Fsp3) is 0.538. The van der Waals surface area contributed by atoms with Crippen LogP contribution in [0, 0.1) is 5.82 Å². The van der Waals surface area contributed by atoms with Gasteiger partial charge in [0.25, 0.3) is 0 Å². The molecule has 0 amide bonds. The number of nitrogens with one attached hydrogen (secondary N) is 1. The maximum atomic E-state index is 12.9. The Kier molecular flexibility index (Phi) is 5.37. The van der Waals surface area contributed by atoms with Gasteiger partial charge in [0.2, 0.25) is 0 Å². The molecule has 2 nitrogen and oxygen atoms in total. The molecule has 0 heterocycles. The number of hydrogen-bond acceptors (Lipinski definition) is 2. The van der Waals surface area contributed by atoms with Gasteiger partial charge in [-0.3, -0.25) is 0 Å². The van der Waals surface area contributed by atoms with E-state index in [0.29, 0.717) is 17.9 Å². The Labute approximate surface area is 107 Å². The highest BCUT2D eigenvalue weighted by molar-refractivity contribution is 6.31. The maximum absolute atomic E-state index is 12.9. The molecule has 2 N–H and O–H groups in total. The maximum Gasteiger partial charge on any atom is 0.124 e. The summed E-state index contributed by atoms with van der Waals surface area (Å²) >= 11 is 5.93. The lowest BCUT2D eigenvalue weighted by Gasteiger charge is -2.24. The van der Waals surface area contributed by atoms with Gasteiger partial charge in [0.1, 0.15) is 5.82 Å². The van der Waals surface area contributed by atoms with Gasteiger partial charge in [0.15, 0.2) is 0 Å². The number of hydrogen-bond donors (Lipinski definition) is 2. The average Bonchev–Trinajstić information content (AvgIpc) is 2.22. The lowest BCUT2D eigenvalue weighted by Crippen LogP contribution is -2.32. The van der Waals surface area contributed by atoms with Crippen LogP contribution in [0.15, 0.2) is 18.2 Å². The third-order valence-electron chi connectivity index (χ3n) is 2.68. The van der Waals surface area contributed by atoms with Gasteiger partial charge >= 0.3 is 0 Å². The van der Waals surface area contributed by atoms with Gasteiger partial charge in [0.05, 0.1) is 5.60 Å². The van der Waals surface area contributed by atoms with E-state index in [-0.39, 0.29) is 5.82 Å². The predicted molar refractivity (Wildman–Crippen MR) is 68.9 cm³/mol. The molecule has 0 fully saturated rings. The van der Waals surface area contributed by atoms with E-state index < -0.39 is 5.60 Å². The molecule has 0 radical (unpaired) electrons. The molecule has 0 aliphatic carbocycles. The van der Waals surface area contributed by atoms with Gasteiger partial charge in [-0.1, -0.05) is 24.6 Å². The van der Waals surface area contributed by atoms with Crippen LogP contribution in [0.5, 0.6) is 0 Å². The molecule has 4 heteroatoms. The molecule has 1 rings (SSSR count). The predicted octanol–water partition coefficient (Wildman–Crippen LogP) is 2.77. The van der Waals surface area contributed by atoms with E-state index in [1.165, 1.54) is 12.1 Å². The molecule has 0 spiro atoms. The van der Waals surface area contributed by atoms with Crippen LogP contribution in [0.3, 0.4) is 0 Å². The van der Waals surface area contributed by atoms with Gasteiger partial charge in [-0.05, 0) is 44.1 Å². The SMILES string of the molecule is CCNCCC(C)(O)Cc1ccc(F)cc1Cl. The molecular formula is C13H19ClFNO. The first-order valence-electron chi connectivity index (χ1n) is 5.81. The summed E-state index contributed by atoms with van der Waals surface area (Å²) in [5, 5.41) is 13.7. The van der Waals surface area contributed by atoms with Crippen molar-refractivity contribution in [3.05, 3.63) is 34.6 Å². The molecule has 1 atom stereocenters. The highest BCUT2D eigenvalue weighted by Crippen LogP contribution is 2.23. The van der Waals surface area contributed by atoms with Crippen molar-refractivity contribution in [3.8, 4) is 0 Å². The standard InChI is InChI=1S/C13H19ClFNO/c1-3-16-7-6-13(2,17)9-10-4-5-11(15)8-12(10)14/h4-5,8,16-17H,3,6-7,9H2,1-2H3. The summed E-state index contributed by atoms with van der Waals surface area (Å²) in [5.74, 6) is -0.356. The van der Waals surface area contributed by atoms with Crippen molar-refractivity contribution >= 4 is 11.6 Å². The van der Waals surface area contributed by atoms with Gasteiger partial charge < -0.3 is 10.4 Å². The molecular weight excluding hydrogens is 241 g/mol. The Morgan fingerprint density at radius 2 is 2.18 bits per heavy atom. The van der Waals surface area contributed by atoms with Gasteiger partial charge in [-0.15, -0.1) is 0 Å². The van der Waals surface area contributed by atoms with E-state index in [9.17, 15) is 9.50 Å². The summed E-state index contributed by atoms with van der Waals surface area (Å²) in [5.41, 5.74) is -0.0570. The molecule has 0 aliphatic heterocycles. The molecule has 1 unspecified atom stereocenters. The molecule has 0 aliphatic rings. The van der Waals surface area contributed by atoms with Crippen LogP contribution in [-0.2, 0) is 6.42 Å². The summed E-state index contributed by atoms with van der Waals surface area (Å²) in [7, 11) is 0. The second-order valence-electron chi connectivity index (χ2n) is 4.51. The minimum absolute atomic E-state index is 0.356. The Hall–Kier alpha value is -0.640. The number of rotatable bonds is 6. The topological polar surface area (TPSA) is 32.3 Å². The molecule has 0 aromatic heterocycles. The third kappa shape index (κ3) is 5.02. The zero-order valence-electron chi connectivity index (χ0n) is 10.3. The van der Waals surface area contributed by atoms with Gasteiger partial charge in [0, 0.05) is 11.4 Å². The number of benzene rings is 1. The van der Waals surface area contributed by atoms with E-state index >= 15 is 0 Å². The second-order valence-corrected chi connectivity index (χ2v) is 4.92. The van der Waals surface area contributed by atoms with E-state index in [1.54, 1.807) is 13.0 Å². The highest BCUT2D eigenvalue weighted by Gasteiger charge is 2.21. The quantitative estimate of drug-likeness (QED) is 0.770. The zero-order chi connectivity index (χ0) is 12.9. The third-order valence-corrected chi connectivity index (χ3v) is 3.03. The van der Waals surface area contributed by atoms with Gasteiger partial charge in [-0.25, -0.2) is 4.39 Å². The summed E-state index contributed by atoms with van der Waals surface area (Å²) in [4.78, 5) is 0. The van der Waals surface area contributed by atoms with Crippen LogP contribution in [0.2, 0.25) is 5.02 Å². The lowest BCUT2D eigenvalue weighted by atomic mass is 9.93. The van der Waals surface area contributed by atoms with Crippen molar-refractivity contribution in [3.63, 3.8) is 0 Å².